The first-order valence-corrected chi connectivity index (χ1v) is 7.07. The van der Waals surface area contributed by atoms with E-state index in [4.69, 9.17) is 5.73 Å². The third-order valence-electron chi connectivity index (χ3n) is 3.31. The number of nitrogens with zero attached hydrogens (tertiary/aromatic N) is 4. The van der Waals surface area contributed by atoms with Crippen molar-refractivity contribution in [3.8, 4) is 17.1 Å². The molecule has 0 fully saturated rings. The molecule has 0 atom stereocenters. The summed E-state index contributed by atoms with van der Waals surface area (Å²) >= 11 is 0. The SMILES string of the molecule is CC(C)n1nc(-c2cc(N)nn2-c2ccccc2)ccc1=O. The maximum Gasteiger partial charge on any atom is 0.267 e. The van der Waals surface area contributed by atoms with Crippen molar-refractivity contribution in [2.75, 3.05) is 5.73 Å². The lowest BCUT2D eigenvalue weighted by Gasteiger charge is -2.11. The number of hydrogen-bond donors (Lipinski definition) is 1. The molecule has 2 N–H and O–H groups in total. The van der Waals surface area contributed by atoms with Crippen LogP contribution in [0.15, 0.2) is 53.3 Å². The van der Waals surface area contributed by atoms with Crippen LogP contribution in [0, 0.1) is 0 Å². The van der Waals surface area contributed by atoms with Gasteiger partial charge in [0.15, 0.2) is 0 Å². The molecule has 0 saturated carbocycles. The molecular weight excluding hydrogens is 278 g/mol. The van der Waals surface area contributed by atoms with Gasteiger partial charge in [-0.25, -0.2) is 9.36 Å². The van der Waals surface area contributed by atoms with E-state index in [9.17, 15) is 4.79 Å². The molecule has 2 heterocycles. The molecule has 0 bridgehead atoms. The lowest BCUT2D eigenvalue weighted by molar-refractivity contribution is 0.504. The van der Waals surface area contributed by atoms with Gasteiger partial charge < -0.3 is 5.73 Å². The number of hydrogen-bond acceptors (Lipinski definition) is 4. The Morgan fingerprint density at radius 3 is 2.45 bits per heavy atom. The molecule has 3 aromatic rings. The zero-order valence-electron chi connectivity index (χ0n) is 12.5. The molecule has 3 rings (SSSR count). The standard InChI is InChI=1S/C16H17N5O/c1-11(2)20-16(22)9-8-13(18-20)14-10-15(17)19-21(14)12-6-4-3-5-7-12/h3-11H,1-2H3,(H2,17,19). The van der Waals surface area contributed by atoms with Crippen molar-refractivity contribution in [3.63, 3.8) is 0 Å². The van der Waals surface area contributed by atoms with Crippen LogP contribution in [0.3, 0.4) is 0 Å². The Hall–Kier alpha value is -2.89. The van der Waals surface area contributed by atoms with Crippen LogP contribution in [0.1, 0.15) is 19.9 Å². The van der Waals surface area contributed by atoms with Crippen LogP contribution in [0.2, 0.25) is 0 Å². The molecule has 0 aliphatic heterocycles. The summed E-state index contributed by atoms with van der Waals surface area (Å²) in [6, 6.07) is 14.6. The van der Waals surface area contributed by atoms with Gasteiger partial charge in [0, 0.05) is 12.1 Å². The number of para-hydroxylation sites is 1. The highest BCUT2D eigenvalue weighted by Gasteiger charge is 2.13. The molecule has 0 saturated heterocycles. The Labute approximate surface area is 127 Å². The van der Waals surface area contributed by atoms with Crippen LogP contribution in [0.25, 0.3) is 17.1 Å². The molecular formula is C16H17N5O. The van der Waals surface area contributed by atoms with Crippen molar-refractivity contribution in [1.29, 1.82) is 0 Å². The third-order valence-corrected chi connectivity index (χ3v) is 3.31. The molecule has 0 amide bonds. The molecule has 22 heavy (non-hydrogen) atoms. The summed E-state index contributed by atoms with van der Waals surface area (Å²) in [7, 11) is 0. The quantitative estimate of drug-likeness (QED) is 0.804. The normalized spacial score (nSPS) is 11.0. The average molecular weight is 295 g/mol. The van der Waals surface area contributed by atoms with Gasteiger partial charge in [0.2, 0.25) is 0 Å². The highest BCUT2D eigenvalue weighted by Crippen LogP contribution is 2.22. The van der Waals surface area contributed by atoms with Crippen LogP contribution in [-0.2, 0) is 0 Å². The molecule has 0 spiro atoms. The summed E-state index contributed by atoms with van der Waals surface area (Å²) in [6.45, 7) is 3.84. The van der Waals surface area contributed by atoms with Crippen molar-refractivity contribution in [2.45, 2.75) is 19.9 Å². The first-order valence-electron chi connectivity index (χ1n) is 7.07. The van der Waals surface area contributed by atoms with Gasteiger partial charge >= 0.3 is 0 Å². The largest absolute Gasteiger partial charge is 0.382 e. The van der Waals surface area contributed by atoms with E-state index in [1.807, 2.05) is 44.2 Å². The Balaban J connectivity index is 2.18. The first kappa shape index (κ1) is 14.1. The van der Waals surface area contributed by atoms with Gasteiger partial charge in [-0.1, -0.05) is 18.2 Å². The fourth-order valence-electron chi connectivity index (χ4n) is 2.28. The van der Waals surface area contributed by atoms with Gasteiger partial charge in [-0.15, -0.1) is 0 Å². The predicted molar refractivity (Wildman–Crippen MR) is 85.9 cm³/mol. The van der Waals surface area contributed by atoms with E-state index < -0.39 is 0 Å². The van der Waals surface area contributed by atoms with E-state index in [2.05, 4.69) is 10.2 Å². The van der Waals surface area contributed by atoms with Crippen molar-refractivity contribution in [1.82, 2.24) is 19.6 Å². The molecule has 112 valence electrons. The smallest absolute Gasteiger partial charge is 0.267 e. The minimum Gasteiger partial charge on any atom is -0.382 e. The molecule has 0 unspecified atom stereocenters. The van der Waals surface area contributed by atoms with E-state index in [-0.39, 0.29) is 11.6 Å². The second-order valence-electron chi connectivity index (χ2n) is 5.30. The Bertz CT molecular complexity index is 848. The monoisotopic (exact) mass is 295 g/mol. The summed E-state index contributed by atoms with van der Waals surface area (Å²) in [5.41, 5.74) is 8.02. The second kappa shape index (κ2) is 5.48. The van der Waals surface area contributed by atoms with Crippen molar-refractivity contribution in [2.24, 2.45) is 0 Å². The Kier molecular flexibility index (Phi) is 3.50. The maximum atomic E-state index is 11.9. The molecule has 2 aromatic heterocycles. The van der Waals surface area contributed by atoms with E-state index in [1.54, 1.807) is 16.8 Å². The summed E-state index contributed by atoms with van der Waals surface area (Å²) in [4.78, 5) is 11.9. The van der Waals surface area contributed by atoms with Crippen molar-refractivity contribution < 1.29 is 0 Å². The zero-order chi connectivity index (χ0) is 15.7. The maximum absolute atomic E-state index is 11.9. The lowest BCUT2D eigenvalue weighted by Crippen LogP contribution is -2.24. The number of nitrogen functional groups attached to an aromatic ring is 1. The fourth-order valence-corrected chi connectivity index (χ4v) is 2.28. The van der Waals surface area contributed by atoms with Gasteiger partial charge in [0.05, 0.1) is 17.4 Å². The van der Waals surface area contributed by atoms with Gasteiger partial charge in [-0.05, 0) is 32.0 Å². The van der Waals surface area contributed by atoms with Crippen LogP contribution in [-0.4, -0.2) is 19.6 Å². The van der Waals surface area contributed by atoms with E-state index in [0.717, 1.165) is 11.4 Å². The Morgan fingerprint density at radius 2 is 1.77 bits per heavy atom. The number of nitrogens with two attached hydrogens (primary N) is 1. The number of rotatable bonds is 3. The van der Waals surface area contributed by atoms with E-state index in [1.165, 1.54) is 10.7 Å². The molecule has 6 nitrogen and oxygen atoms in total. The van der Waals surface area contributed by atoms with Gasteiger partial charge in [0.25, 0.3) is 5.56 Å². The summed E-state index contributed by atoms with van der Waals surface area (Å²) in [6.07, 6.45) is 0. The third kappa shape index (κ3) is 2.50. The van der Waals surface area contributed by atoms with Gasteiger partial charge in [-0.3, -0.25) is 4.79 Å². The van der Waals surface area contributed by atoms with Gasteiger partial charge in [-0.2, -0.15) is 10.2 Å². The molecule has 1 aromatic carbocycles. The van der Waals surface area contributed by atoms with E-state index >= 15 is 0 Å². The summed E-state index contributed by atoms with van der Waals surface area (Å²) in [5, 5.41) is 8.75. The lowest BCUT2D eigenvalue weighted by atomic mass is 10.2. The highest BCUT2D eigenvalue weighted by molar-refractivity contribution is 5.61. The van der Waals surface area contributed by atoms with Crippen molar-refractivity contribution in [3.05, 3.63) is 58.9 Å². The number of aromatic nitrogens is 4. The number of anilines is 1. The number of benzene rings is 1. The minimum absolute atomic E-state index is 0.0158. The van der Waals surface area contributed by atoms with Crippen LogP contribution >= 0.6 is 0 Å². The second-order valence-corrected chi connectivity index (χ2v) is 5.30. The Morgan fingerprint density at radius 1 is 1.05 bits per heavy atom. The predicted octanol–water partition coefficient (Wildman–Crippen LogP) is 2.26. The highest BCUT2D eigenvalue weighted by atomic mass is 16.1. The molecule has 6 heteroatoms. The van der Waals surface area contributed by atoms with Crippen LogP contribution < -0.4 is 11.3 Å². The minimum atomic E-state index is -0.127. The molecule has 0 aliphatic rings. The van der Waals surface area contributed by atoms with Crippen molar-refractivity contribution >= 4 is 5.82 Å². The zero-order valence-corrected chi connectivity index (χ0v) is 12.5. The van der Waals surface area contributed by atoms with E-state index in [0.29, 0.717) is 11.5 Å². The van der Waals surface area contributed by atoms with Crippen LogP contribution in [0.4, 0.5) is 5.82 Å². The van der Waals surface area contributed by atoms with Gasteiger partial charge in [0.1, 0.15) is 11.5 Å². The summed E-state index contributed by atoms with van der Waals surface area (Å²) < 4.78 is 3.18. The summed E-state index contributed by atoms with van der Waals surface area (Å²) in [5.74, 6) is 0.406. The topological polar surface area (TPSA) is 78.7 Å². The fraction of sp³-hybridized carbons (Fsp3) is 0.188. The average Bonchev–Trinajstić information content (AvgIpc) is 2.90. The molecule has 0 radical (unpaired) electrons. The first-order chi connectivity index (χ1) is 10.6. The molecule has 0 aliphatic carbocycles. The van der Waals surface area contributed by atoms with Crippen LogP contribution in [0.5, 0.6) is 0 Å².